The van der Waals surface area contributed by atoms with Crippen molar-refractivity contribution in [2.24, 2.45) is 5.73 Å². The summed E-state index contributed by atoms with van der Waals surface area (Å²) in [6, 6.07) is 6.89. The van der Waals surface area contributed by atoms with Crippen LogP contribution >= 0.6 is 0 Å². The maximum absolute atomic E-state index is 10.1. The largest absolute Gasteiger partial charge is 0.329 e. The number of hydrogen-bond donors (Lipinski definition) is 2. The Bertz CT molecular complexity index is 358. The van der Waals surface area contributed by atoms with E-state index in [0.29, 0.717) is 17.2 Å². The van der Waals surface area contributed by atoms with Crippen molar-refractivity contribution in [2.45, 2.75) is 53.0 Å². The molecule has 1 aromatic rings. The van der Waals surface area contributed by atoms with Gasteiger partial charge in [-0.1, -0.05) is 64.0 Å². The molecule has 138 valence electrons. The van der Waals surface area contributed by atoms with Gasteiger partial charge in [-0.05, 0) is 20.4 Å². The molecule has 0 aliphatic carbocycles. The zero-order chi connectivity index (χ0) is 19.2. The summed E-state index contributed by atoms with van der Waals surface area (Å²) < 4.78 is 0. The lowest BCUT2D eigenvalue weighted by molar-refractivity contribution is 0.111. The lowest BCUT2D eigenvalue weighted by Gasteiger charge is -2.02. The fourth-order valence-electron chi connectivity index (χ4n) is 0.975. The summed E-state index contributed by atoms with van der Waals surface area (Å²) in [6.45, 7) is 12.7. The molecule has 24 heavy (non-hydrogen) atoms. The Morgan fingerprint density at radius 2 is 1.46 bits per heavy atom. The van der Waals surface area contributed by atoms with E-state index >= 15 is 0 Å². The van der Waals surface area contributed by atoms with Gasteiger partial charge >= 0.3 is 0 Å². The Morgan fingerprint density at radius 3 is 1.54 bits per heavy atom. The second kappa shape index (κ2) is 23.5. The fraction of sp³-hybridized carbons (Fsp3) is 0.500. The standard InChI is InChI=1S/C8H6O2.C5H10.C4H12N2.C3H8/c9-5-7-1-2-8(6-10)4-3-7;1-3-5-4-2;1-4(3-5)6-2;1-3-2/h1-6H;3H,1,4-5H2,2H3;4,6H,3,5H2,1-2H3;3H2,1-2H3. The van der Waals surface area contributed by atoms with E-state index < -0.39 is 0 Å². The molecule has 4 nitrogen and oxygen atoms in total. The SMILES string of the molecule is C=CCCC.CCC.CNC(C)CN.O=Cc1ccc(C=O)cc1. The zero-order valence-corrected chi connectivity index (χ0v) is 16.0. The summed E-state index contributed by atoms with van der Waals surface area (Å²) in [5, 5.41) is 2.99. The highest BCUT2D eigenvalue weighted by molar-refractivity contribution is 5.79. The molecular weight excluding hydrogens is 300 g/mol. The van der Waals surface area contributed by atoms with Crippen LogP contribution in [0.15, 0.2) is 36.9 Å². The van der Waals surface area contributed by atoms with Crippen molar-refractivity contribution in [1.82, 2.24) is 5.32 Å². The summed E-state index contributed by atoms with van der Waals surface area (Å²) in [6.07, 6.45) is 7.05. The molecule has 0 fully saturated rings. The van der Waals surface area contributed by atoms with Gasteiger partial charge in [0.25, 0.3) is 0 Å². The number of rotatable bonds is 6. The summed E-state index contributed by atoms with van der Waals surface area (Å²) in [5.74, 6) is 0. The Hall–Kier alpha value is -1.78. The van der Waals surface area contributed by atoms with Crippen LogP contribution in [0.2, 0.25) is 0 Å². The van der Waals surface area contributed by atoms with Gasteiger partial charge in [0, 0.05) is 23.7 Å². The van der Waals surface area contributed by atoms with Crippen molar-refractivity contribution in [1.29, 1.82) is 0 Å². The third-order valence-corrected chi connectivity index (χ3v) is 2.55. The molecule has 0 amide bonds. The normalized spacial score (nSPS) is 9.58. The molecule has 0 heterocycles. The minimum Gasteiger partial charge on any atom is -0.329 e. The Balaban J connectivity index is -0.000000273. The predicted octanol–water partition coefficient (Wildman–Crippen LogP) is 4.25. The first-order valence-electron chi connectivity index (χ1n) is 8.49. The van der Waals surface area contributed by atoms with Crippen molar-refractivity contribution >= 4 is 12.6 Å². The van der Waals surface area contributed by atoms with E-state index in [4.69, 9.17) is 5.73 Å². The predicted molar refractivity (Wildman–Crippen MR) is 106 cm³/mol. The van der Waals surface area contributed by atoms with Crippen LogP contribution in [0.1, 0.15) is 67.7 Å². The first-order chi connectivity index (χ1) is 11.5. The van der Waals surface area contributed by atoms with Gasteiger partial charge < -0.3 is 11.1 Å². The van der Waals surface area contributed by atoms with Gasteiger partial charge in [0.05, 0.1) is 0 Å². The smallest absolute Gasteiger partial charge is 0.150 e. The minimum atomic E-state index is 0.463. The van der Waals surface area contributed by atoms with Crippen molar-refractivity contribution < 1.29 is 9.59 Å². The zero-order valence-electron chi connectivity index (χ0n) is 16.0. The van der Waals surface area contributed by atoms with Crippen molar-refractivity contribution in [3.8, 4) is 0 Å². The van der Waals surface area contributed by atoms with Gasteiger partial charge in [0.2, 0.25) is 0 Å². The average Bonchev–Trinajstić information content (AvgIpc) is 2.63. The maximum atomic E-state index is 10.1. The first-order valence-corrected chi connectivity index (χ1v) is 8.49. The Kier molecular flexibility index (Phi) is 26.5. The van der Waals surface area contributed by atoms with E-state index in [-0.39, 0.29) is 0 Å². The highest BCUT2D eigenvalue weighted by atomic mass is 16.1. The monoisotopic (exact) mass is 336 g/mol. The number of benzene rings is 1. The van der Waals surface area contributed by atoms with Crippen LogP contribution in [0.5, 0.6) is 0 Å². The van der Waals surface area contributed by atoms with Crippen LogP contribution in [0.3, 0.4) is 0 Å². The molecule has 0 spiro atoms. The average molecular weight is 337 g/mol. The molecule has 1 aromatic carbocycles. The molecule has 0 radical (unpaired) electrons. The molecule has 0 saturated heterocycles. The highest BCUT2D eigenvalue weighted by Gasteiger charge is 1.89. The second-order valence-corrected chi connectivity index (χ2v) is 5.11. The Morgan fingerprint density at radius 1 is 1.08 bits per heavy atom. The molecule has 1 atom stereocenters. The number of carbonyl (C=O) groups excluding carboxylic acids is 2. The number of allylic oxidation sites excluding steroid dienone is 1. The van der Waals surface area contributed by atoms with Gasteiger partial charge in [0.15, 0.2) is 0 Å². The van der Waals surface area contributed by atoms with Gasteiger partial charge in [-0.3, -0.25) is 9.59 Å². The maximum Gasteiger partial charge on any atom is 0.150 e. The van der Waals surface area contributed by atoms with Crippen molar-refractivity contribution in [3.05, 3.63) is 48.0 Å². The molecule has 0 aliphatic rings. The number of nitrogens with two attached hydrogens (primary N) is 1. The second-order valence-electron chi connectivity index (χ2n) is 5.11. The van der Waals surface area contributed by atoms with E-state index in [9.17, 15) is 9.59 Å². The van der Waals surface area contributed by atoms with Crippen LogP contribution in [-0.2, 0) is 0 Å². The molecule has 1 unspecified atom stereocenters. The van der Waals surface area contributed by atoms with Crippen molar-refractivity contribution in [3.63, 3.8) is 0 Å². The van der Waals surface area contributed by atoms with Gasteiger partial charge in [-0.25, -0.2) is 0 Å². The Labute approximate surface area is 148 Å². The van der Waals surface area contributed by atoms with Crippen LogP contribution < -0.4 is 11.1 Å². The topological polar surface area (TPSA) is 72.2 Å². The minimum absolute atomic E-state index is 0.463. The summed E-state index contributed by atoms with van der Waals surface area (Å²) in [5.41, 5.74) is 6.40. The number of nitrogens with one attached hydrogen (secondary N) is 1. The van der Waals surface area contributed by atoms with Gasteiger partial charge in [-0.15, -0.1) is 6.58 Å². The molecule has 0 saturated carbocycles. The number of hydrogen-bond acceptors (Lipinski definition) is 4. The van der Waals surface area contributed by atoms with E-state index in [0.717, 1.165) is 25.5 Å². The number of carbonyl (C=O) groups is 2. The first kappa shape index (κ1) is 27.1. The number of unbranched alkanes of at least 4 members (excludes halogenated alkanes) is 1. The number of likely N-dealkylation sites (N-methyl/N-ethyl adjacent to an activating group) is 1. The summed E-state index contributed by atoms with van der Waals surface area (Å²) >= 11 is 0. The third kappa shape index (κ3) is 22.5. The van der Waals surface area contributed by atoms with Crippen LogP contribution in [0.25, 0.3) is 0 Å². The van der Waals surface area contributed by atoms with Crippen LogP contribution in [0.4, 0.5) is 0 Å². The van der Waals surface area contributed by atoms with E-state index in [2.05, 4.69) is 32.7 Å². The van der Waals surface area contributed by atoms with Gasteiger partial charge in [-0.2, -0.15) is 0 Å². The third-order valence-electron chi connectivity index (χ3n) is 2.55. The molecule has 3 N–H and O–H groups in total. The molecule has 0 aromatic heterocycles. The van der Waals surface area contributed by atoms with E-state index in [1.165, 1.54) is 12.8 Å². The van der Waals surface area contributed by atoms with E-state index in [1.807, 2.05) is 20.0 Å². The number of aldehydes is 2. The van der Waals surface area contributed by atoms with E-state index in [1.54, 1.807) is 24.3 Å². The lowest BCUT2D eigenvalue weighted by atomic mass is 10.2. The molecule has 0 aliphatic heterocycles. The molecular formula is C20H36N2O2. The summed E-state index contributed by atoms with van der Waals surface area (Å²) in [4.78, 5) is 20.2. The summed E-state index contributed by atoms with van der Waals surface area (Å²) in [7, 11) is 1.90. The van der Waals surface area contributed by atoms with Gasteiger partial charge in [0.1, 0.15) is 12.6 Å². The molecule has 1 rings (SSSR count). The fourth-order valence-corrected chi connectivity index (χ4v) is 0.975. The van der Waals surface area contributed by atoms with Crippen LogP contribution in [0, 0.1) is 0 Å². The van der Waals surface area contributed by atoms with Crippen LogP contribution in [-0.4, -0.2) is 32.2 Å². The molecule has 0 bridgehead atoms. The quantitative estimate of drug-likeness (QED) is 0.601. The van der Waals surface area contributed by atoms with Crippen molar-refractivity contribution in [2.75, 3.05) is 13.6 Å². The highest BCUT2D eigenvalue weighted by Crippen LogP contribution is 1.98. The molecule has 4 heteroatoms. The lowest BCUT2D eigenvalue weighted by Crippen LogP contribution is -2.29.